The Morgan fingerprint density at radius 1 is 1.10 bits per heavy atom. The van der Waals surface area contributed by atoms with Gasteiger partial charge in [0, 0.05) is 50.2 Å². The Balaban J connectivity index is 1.15. The molecule has 2 aromatic carbocycles. The minimum absolute atomic E-state index is 0.0347. The fraction of sp³-hybridized carbons (Fsp3) is 0.610. The van der Waals surface area contributed by atoms with Crippen LogP contribution in [0.2, 0.25) is 5.02 Å². The number of likely N-dealkylation sites (tertiary alicyclic amines) is 1. The highest BCUT2D eigenvalue weighted by atomic mass is 35.5. The van der Waals surface area contributed by atoms with Crippen molar-refractivity contribution in [3.05, 3.63) is 70.3 Å². The summed E-state index contributed by atoms with van der Waals surface area (Å²) in [6.45, 7) is 6.74. The second-order valence-electron chi connectivity index (χ2n) is 16.1. The van der Waals surface area contributed by atoms with Gasteiger partial charge in [0.25, 0.3) is 0 Å². The molecule has 52 heavy (non-hydrogen) atoms. The first-order chi connectivity index (χ1) is 25.1. The van der Waals surface area contributed by atoms with Crippen molar-refractivity contribution in [2.75, 3.05) is 78.2 Å². The van der Waals surface area contributed by atoms with E-state index in [1.54, 1.807) is 18.0 Å². The van der Waals surface area contributed by atoms with Crippen LogP contribution in [0.3, 0.4) is 0 Å². The van der Waals surface area contributed by atoms with Crippen molar-refractivity contribution in [1.29, 1.82) is 0 Å². The molecule has 2 saturated heterocycles. The fourth-order valence-corrected chi connectivity index (χ4v) is 9.76. The summed E-state index contributed by atoms with van der Waals surface area (Å²) in [5.41, 5.74) is 1.47. The zero-order chi connectivity index (χ0) is 36.1. The molecule has 5 atom stereocenters. The van der Waals surface area contributed by atoms with Gasteiger partial charge in [-0.25, -0.2) is 4.79 Å². The van der Waals surface area contributed by atoms with Crippen LogP contribution in [0.15, 0.2) is 48.6 Å². The highest BCUT2D eigenvalue weighted by Gasteiger charge is 2.51. The van der Waals surface area contributed by atoms with E-state index in [2.05, 4.69) is 34.1 Å². The van der Waals surface area contributed by atoms with E-state index in [1.165, 1.54) is 24.7 Å². The molecular formula is C41H52ClN3O7. The molecular weight excluding hydrogens is 682 g/mol. The number of hydrogen-bond donors (Lipinski definition) is 1. The Bertz CT molecular complexity index is 1710. The topological polar surface area (TPSA) is 101 Å². The average Bonchev–Trinajstić information content (AvgIpc) is 3.24. The molecule has 1 amide bonds. The number of carbonyl (C=O) groups excluding carboxylic acids is 2. The first kappa shape index (κ1) is 35.9. The summed E-state index contributed by atoms with van der Waals surface area (Å²) in [5.74, 6) is 0.186. The number of amides is 1. The largest absolute Gasteiger partial charge is 0.490 e. The molecule has 10 nitrogen and oxygen atoms in total. The molecule has 0 unspecified atom stereocenters. The first-order valence-corrected chi connectivity index (χ1v) is 19.5. The van der Waals surface area contributed by atoms with E-state index in [4.69, 9.17) is 30.5 Å². The number of ether oxygens (including phenoxy) is 4. The molecule has 2 bridgehead atoms. The first-order valence-electron chi connectivity index (χ1n) is 19.1. The summed E-state index contributed by atoms with van der Waals surface area (Å²) in [5, 5.41) is 12.8. The van der Waals surface area contributed by atoms with Crippen LogP contribution in [0.1, 0.15) is 61.6 Å². The number of anilines is 1. The Labute approximate surface area is 312 Å². The Morgan fingerprint density at radius 3 is 2.69 bits per heavy atom. The van der Waals surface area contributed by atoms with Crippen molar-refractivity contribution < 1.29 is 33.6 Å². The number of aliphatic hydroxyl groups is 1. The van der Waals surface area contributed by atoms with E-state index in [-0.39, 0.29) is 23.0 Å². The van der Waals surface area contributed by atoms with E-state index in [0.717, 1.165) is 75.7 Å². The van der Waals surface area contributed by atoms with Crippen LogP contribution in [-0.4, -0.2) is 112 Å². The number of benzene rings is 2. The van der Waals surface area contributed by atoms with E-state index in [1.807, 2.05) is 18.2 Å². The highest BCUT2D eigenvalue weighted by molar-refractivity contribution is 6.30. The molecule has 0 aromatic heterocycles. The highest BCUT2D eigenvalue weighted by Crippen LogP contribution is 2.48. The maximum atomic E-state index is 13.6. The van der Waals surface area contributed by atoms with Crippen LogP contribution >= 0.6 is 11.6 Å². The lowest BCUT2D eigenvalue weighted by Gasteiger charge is -2.57. The van der Waals surface area contributed by atoms with Gasteiger partial charge in [0.05, 0.1) is 57.3 Å². The van der Waals surface area contributed by atoms with Gasteiger partial charge in [-0.2, -0.15) is 0 Å². The second kappa shape index (κ2) is 14.3. The lowest BCUT2D eigenvalue weighted by molar-refractivity contribution is -0.197. The van der Waals surface area contributed by atoms with Crippen molar-refractivity contribution >= 4 is 29.2 Å². The number of halogens is 1. The van der Waals surface area contributed by atoms with Crippen LogP contribution in [0.4, 0.5) is 5.69 Å². The minimum atomic E-state index is -2.16. The van der Waals surface area contributed by atoms with Crippen molar-refractivity contribution in [3.8, 4) is 5.75 Å². The zero-order valence-corrected chi connectivity index (χ0v) is 31.2. The van der Waals surface area contributed by atoms with Crippen molar-refractivity contribution in [2.45, 2.75) is 74.0 Å². The van der Waals surface area contributed by atoms with Crippen molar-refractivity contribution in [3.63, 3.8) is 0 Å². The summed E-state index contributed by atoms with van der Waals surface area (Å²) in [6, 6.07) is 11.7. The summed E-state index contributed by atoms with van der Waals surface area (Å²) < 4.78 is 24.1. The van der Waals surface area contributed by atoms with E-state index in [9.17, 15) is 14.7 Å². The number of esters is 1. The van der Waals surface area contributed by atoms with Crippen LogP contribution in [0.5, 0.6) is 5.75 Å². The van der Waals surface area contributed by atoms with Crippen molar-refractivity contribution in [2.24, 2.45) is 11.8 Å². The lowest BCUT2D eigenvalue weighted by Crippen LogP contribution is -2.71. The molecule has 1 saturated carbocycles. The molecule has 2 aliphatic carbocycles. The van der Waals surface area contributed by atoms with Gasteiger partial charge in [-0.15, -0.1) is 0 Å². The molecule has 11 heteroatoms. The van der Waals surface area contributed by atoms with Gasteiger partial charge in [0.1, 0.15) is 5.75 Å². The number of aryl methyl sites for hydroxylation is 1. The van der Waals surface area contributed by atoms with Crippen LogP contribution < -0.4 is 9.64 Å². The number of hydrogen-bond acceptors (Lipinski definition) is 9. The van der Waals surface area contributed by atoms with Gasteiger partial charge in [0.15, 0.2) is 5.60 Å². The zero-order valence-electron chi connectivity index (χ0n) is 30.5. The van der Waals surface area contributed by atoms with Gasteiger partial charge in [-0.3, -0.25) is 9.69 Å². The molecule has 1 N–H and O–H groups in total. The normalized spacial score (nSPS) is 32.0. The Morgan fingerprint density at radius 2 is 1.96 bits per heavy atom. The number of methoxy groups -OCH3 is 1. The summed E-state index contributed by atoms with van der Waals surface area (Å²) in [6.07, 6.45) is 10.8. The predicted octanol–water partition coefficient (Wildman–Crippen LogP) is 4.87. The third-order valence-corrected chi connectivity index (χ3v) is 13.3. The standard InChI is InChI=1S/C41H52ClN3O7/c1-43-16-4-3-7-35(51-19-18-45-17-15-40(45)26-50-27-40)32-11-8-29(32)23-44-24-39(14-5-6-28-20-31(42)10-12-33(28)39)25-52-36-13-9-30(21-34(36)44)41(48,22-37(43)46)38(47)49-2/h3,7,9-10,12-13,20-21,29,32,35,48H,4-6,8,11,14-19,22-27H2,1-2H3/b7-3-/t29-,32+,35-,39-,41+/m0/s1. The van der Waals surface area contributed by atoms with Crippen LogP contribution in [-0.2, 0) is 41.2 Å². The number of nitrogens with zero attached hydrogens (tertiary/aromatic N) is 3. The quantitative estimate of drug-likeness (QED) is 0.341. The van der Waals surface area contributed by atoms with E-state index < -0.39 is 18.0 Å². The summed E-state index contributed by atoms with van der Waals surface area (Å²) >= 11 is 6.50. The fourth-order valence-electron chi connectivity index (χ4n) is 9.57. The molecule has 2 spiro atoms. The van der Waals surface area contributed by atoms with E-state index >= 15 is 0 Å². The number of rotatable bonds is 5. The SMILES string of the molecule is COC(=O)[C@@]1(O)CC(=O)N(C)CC/C=C\[C@H](OCCN2CCC23COC3)[C@@H]2CC[C@H]2CN2C[C@@]3(CCCc4cc(Cl)ccc43)COc3ccc1cc32. The lowest BCUT2D eigenvalue weighted by atomic mass is 9.68. The smallest absolute Gasteiger partial charge is 0.343 e. The molecule has 8 rings (SSSR count). The minimum Gasteiger partial charge on any atom is -0.490 e. The summed E-state index contributed by atoms with van der Waals surface area (Å²) in [4.78, 5) is 33.4. The van der Waals surface area contributed by atoms with Crippen LogP contribution in [0.25, 0.3) is 0 Å². The maximum absolute atomic E-state index is 13.6. The predicted molar refractivity (Wildman–Crippen MR) is 198 cm³/mol. The number of carbonyl (C=O) groups is 2. The van der Waals surface area contributed by atoms with Crippen molar-refractivity contribution in [1.82, 2.24) is 9.80 Å². The summed E-state index contributed by atoms with van der Waals surface area (Å²) in [7, 11) is 2.95. The molecule has 280 valence electrons. The number of fused-ring (bicyclic) bond motifs is 4. The molecule has 0 radical (unpaired) electrons. The van der Waals surface area contributed by atoms with Gasteiger partial charge < -0.3 is 33.9 Å². The Kier molecular flexibility index (Phi) is 9.83. The third kappa shape index (κ3) is 6.42. The van der Waals surface area contributed by atoms with Gasteiger partial charge in [-0.1, -0.05) is 35.9 Å². The second-order valence-corrected chi connectivity index (χ2v) is 16.6. The Hall–Kier alpha value is -3.15. The van der Waals surface area contributed by atoms with E-state index in [0.29, 0.717) is 55.9 Å². The monoisotopic (exact) mass is 733 g/mol. The molecule has 4 heterocycles. The third-order valence-electron chi connectivity index (χ3n) is 13.1. The molecule has 4 aliphatic heterocycles. The molecule has 6 aliphatic rings. The van der Waals surface area contributed by atoms with Gasteiger partial charge in [0.2, 0.25) is 5.91 Å². The molecule has 3 fully saturated rings. The maximum Gasteiger partial charge on any atom is 0.343 e. The van der Waals surface area contributed by atoms with Gasteiger partial charge >= 0.3 is 5.97 Å². The molecule has 2 aromatic rings. The van der Waals surface area contributed by atoms with Crippen LogP contribution in [0, 0.1) is 11.8 Å². The average molecular weight is 734 g/mol. The van der Waals surface area contributed by atoms with Gasteiger partial charge in [-0.05, 0) is 97.7 Å².